The average Bonchev–Trinajstić information content (AvgIpc) is 3.12. The van der Waals surface area contributed by atoms with E-state index in [0.29, 0.717) is 5.92 Å². The summed E-state index contributed by atoms with van der Waals surface area (Å²) in [5.74, 6) is 3.00. The molecule has 1 saturated heterocycles. The van der Waals surface area contributed by atoms with Gasteiger partial charge in [0.25, 0.3) is 0 Å². The number of nitrogens with zero attached hydrogens (tertiary/aromatic N) is 3. The van der Waals surface area contributed by atoms with Gasteiger partial charge in [0.1, 0.15) is 0 Å². The predicted molar refractivity (Wildman–Crippen MR) is 75.2 cm³/mol. The molecule has 2 aliphatic rings. The van der Waals surface area contributed by atoms with Crippen LogP contribution in [0.2, 0.25) is 0 Å². The molecule has 1 atom stereocenters. The molecule has 3 rings (SSSR count). The molecule has 1 aromatic heterocycles. The lowest BCUT2D eigenvalue weighted by atomic mass is 9.95. The highest BCUT2D eigenvalue weighted by Gasteiger charge is 2.30. The van der Waals surface area contributed by atoms with Gasteiger partial charge in [0.15, 0.2) is 5.82 Å². The Kier molecular flexibility index (Phi) is 5.19. The molecule has 0 aromatic carbocycles. The standard InChI is InChI=1S/C13H22N4O.ClH/c14-6-5-10-2-1-7-17(8-10)9-12-15-13(18-16-12)11-3-4-11;/h10-11H,1-9,14H2;1H. The SMILES string of the molecule is Cl.NCCC1CCCN(Cc2noc(C3CC3)n2)C1. The van der Waals surface area contributed by atoms with Crippen molar-refractivity contribution >= 4 is 12.4 Å². The van der Waals surface area contributed by atoms with Gasteiger partial charge >= 0.3 is 0 Å². The van der Waals surface area contributed by atoms with Crippen LogP contribution >= 0.6 is 12.4 Å². The summed E-state index contributed by atoms with van der Waals surface area (Å²) in [6.45, 7) is 3.91. The molecule has 108 valence electrons. The van der Waals surface area contributed by atoms with Crippen molar-refractivity contribution in [1.29, 1.82) is 0 Å². The molecule has 1 aromatic rings. The number of hydrogen-bond donors (Lipinski definition) is 1. The lowest BCUT2D eigenvalue weighted by Crippen LogP contribution is -2.35. The number of likely N-dealkylation sites (tertiary alicyclic amines) is 1. The second-order valence-corrected chi connectivity index (χ2v) is 5.64. The van der Waals surface area contributed by atoms with E-state index in [4.69, 9.17) is 10.3 Å². The molecule has 0 spiro atoms. The zero-order chi connectivity index (χ0) is 12.4. The number of halogens is 1. The molecule has 0 bridgehead atoms. The first-order valence-electron chi connectivity index (χ1n) is 7.10. The third-order valence-corrected chi connectivity index (χ3v) is 3.95. The maximum absolute atomic E-state index is 5.64. The quantitative estimate of drug-likeness (QED) is 0.896. The van der Waals surface area contributed by atoms with Crippen LogP contribution in [0.5, 0.6) is 0 Å². The zero-order valence-electron chi connectivity index (χ0n) is 11.3. The van der Waals surface area contributed by atoms with Crippen LogP contribution in [0.25, 0.3) is 0 Å². The topological polar surface area (TPSA) is 68.2 Å². The summed E-state index contributed by atoms with van der Waals surface area (Å²) in [5, 5.41) is 4.09. The van der Waals surface area contributed by atoms with Gasteiger partial charge in [-0.25, -0.2) is 0 Å². The Morgan fingerprint density at radius 1 is 1.32 bits per heavy atom. The Morgan fingerprint density at radius 2 is 2.16 bits per heavy atom. The summed E-state index contributed by atoms with van der Waals surface area (Å²) in [6.07, 6.45) is 6.13. The molecule has 2 N–H and O–H groups in total. The van der Waals surface area contributed by atoms with E-state index in [2.05, 4.69) is 15.0 Å². The van der Waals surface area contributed by atoms with Crippen molar-refractivity contribution in [3.63, 3.8) is 0 Å². The fraction of sp³-hybridized carbons (Fsp3) is 0.846. The van der Waals surface area contributed by atoms with E-state index in [1.165, 1.54) is 25.7 Å². The second-order valence-electron chi connectivity index (χ2n) is 5.64. The number of hydrogen-bond acceptors (Lipinski definition) is 5. The van der Waals surface area contributed by atoms with Gasteiger partial charge < -0.3 is 10.3 Å². The fourth-order valence-corrected chi connectivity index (χ4v) is 2.79. The van der Waals surface area contributed by atoms with Crippen molar-refractivity contribution in [3.8, 4) is 0 Å². The van der Waals surface area contributed by atoms with Gasteiger partial charge in [-0.1, -0.05) is 5.16 Å². The first kappa shape index (κ1) is 14.8. The molecule has 0 amide bonds. The smallest absolute Gasteiger partial charge is 0.229 e. The van der Waals surface area contributed by atoms with Gasteiger partial charge in [0.2, 0.25) is 5.89 Å². The van der Waals surface area contributed by atoms with Crippen LogP contribution in [0.3, 0.4) is 0 Å². The highest BCUT2D eigenvalue weighted by molar-refractivity contribution is 5.85. The van der Waals surface area contributed by atoms with Crippen molar-refractivity contribution in [2.75, 3.05) is 19.6 Å². The molecule has 19 heavy (non-hydrogen) atoms. The second kappa shape index (κ2) is 6.68. The Hall–Kier alpha value is -0.650. The molecule has 2 fully saturated rings. The van der Waals surface area contributed by atoms with E-state index in [0.717, 1.165) is 50.2 Å². The van der Waals surface area contributed by atoms with Crippen LogP contribution in [0.1, 0.15) is 49.7 Å². The van der Waals surface area contributed by atoms with Gasteiger partial charge in [-0.2, -0.15) is 4.98 Å². The van der Waals surface area contributed by atoms with Gasteiger partial charge in [-0.15, -0.1) is 12.4 Å². The number of piperidine rings is 1. The Labute approximate surface area is 120 Å². The normalized spacial score (nSPS) is 24.2. The average molecular weight is 287 g/mol. The van der Waals surface area contributed by atoms with Crippen molar-refractivity contribution < 1.29 is 4.52 Å². The van der Waals surface area contributed by atoms with Crippen molar-refractivity contribution in [1.82, 2.24) is 15.0 Å². The van der Waals surface area contributed by atoms with Crippen LogP contribution in [0.4, 0.5) is 0 Å². The number of rotatable bonds is 5. The van der Waals surface area contributed by atoms with Crippen LogP contribution in [0, 0.1) is 5.92 Å². The highest BCUT2D eigenvalue weighted by Crippen LogP contribution is 2.38. The van der Waals surface area contributed by atoms with Gasteiger partial charge in [-0.3, -0.25) is 4.90 Å². The summed E-state index contributed by atoms with van der Waals surface area (Å²) in [6, 6.07) is 0. The lowest BCUT2D eigenvalue weighted by molar-refractivity contribution is 0.158. The van der Waals surface area contributed by atoms with Crippen LogP contribution in [0.15, 0.2) is 4.52 Å². The largest absolute Gasteiger partial charge is 0.339 e. The van der Waals surface area contributed by atoms with Crippen LogP contribution in [-0.4, -0.2) is 34.7 Å². The lowest BCUT2D eigenvalue weighted by Gasteiger charge is -2.31. The third-order valence-electron chi connectivity index (χ3n) is 3.95. The molecule has 1 aliphatic carbocycles. The summed E-state index contributed by atoms with van der Waals surface area (Å²) in [7, 11) is 0. The molecule has 6 heteroatoms. The maximum atomic E-state index is 5.64. The Bertz CT molecular complexity index is 392. The molecular formula is C13H23ClN4O. The van der Waals surface area contributed by atoms with E-state index in [1.807, 2.05) is 0 Å². The van der Waals surface area contributed by atoms with E-state index in [1.54, 1.807) is 0 Å². The highest BCUT2D eigenvalue weighted by atomic mass is 35.5. The van der Waals surface area contributed by atoms with Gasteiger partial charge in [0, 0.05) is 12.5 Å². The third kappa shape index (κ3) is 3.91. The van der Waals surface area contributed by atoms with Crippen molar-refractivity contribution in [3.05, 3.63) is 11.7 Å². The summed E-state index contributed by atoms with van der Waals surface area (Å²) in [4.78, 5) is 6.93. The zero-order valence-corrected chi connectivity index (χ0v) is 12.1. The monoisotopic (exact) mass is 286 g/mol. The molecule has 0 radical (unpaired) electrons. The van der Waals surface area contributed by atoms with Crippen molar-refractivity contribution in [2.45, 2.75) is 44.6 Å². The number of nitrogens with two attached hydrogens (primary N) is 1. The van der Waals surface area contributed by atoms with E-state index in [-0.39, 0.29) is 12.4 Å². The summed E-state index contributed by atoms with van der Waals surface area (Å²) >= 11 is 0. The molecular weight excluding hydrogens is 264 g/mol. The van der Waals surface area contributed by atoms with Crippen LogP contribution < -0.4 is 5.73 Å². The first-order valence-corrected chi connectivity index (χ1v) is 7.10. The minimum absolute atomic E-state index is 0. The molecule has 1 unspecified atom stereocenters. The molecule has 1 aliphatic heterocycles. The Balaban J connectivity index is 0.00000133. The van der Waals surface area contributed by atoms with E-state index in [9.17, 15) is 0 Å². The van der Waals surface area contributed by atoms with E-state index >= 15 is 0 Å². The number of aromatic nitrogens is 2. The predicted octanol–water partition coefficient (Wildman–Crippen LogP) is 1.93. The minimum atomic E-state index is 0. The van der Waals surface area contributed by atoms with Crippen LogP contribution in [-0.2, 0) is 6.54 Å². The first-order chi connectivity index (χ1) is 8.85. The molecule has 5 nitrogen and oxygen atoms in total. The van der Waals surface area contributed by atoms with Gasteiger partial charge in [-0.05, 0) is 51.1 Å². The molecule has 2 heterocycles. The van der Waals surface area contributed by atoms with E-state index < -0.39 is 0 Å². The maximum Gasteiger partial charge on any atom is 0.229 e. The summed E-state index contributed by atoms with van der Waals surface area (Å²) in [5.41, 5.74) is 5.64. The molecule has 1 saturated carbocycles. The van der Waals surface area contributed by atoms with Gasteiger partial charge in [0.05, 0.1) is 6.54 Å². The fourth-order valence-electron chi connectivity index (χ4n) is 2.79. The Morgan fingerprint density at radius 3 is 2.89 bits per heavy atom. The summed E-state index contributed by atoms with van der Waals surface area (Å²) < 4.78 is 5.30. The van der Waals surface area contributed by atoms with Crippen molar-refractivity contribution in [2.24, 2.45) is 11.7 Å². The minimum Gasteiger partial charge on any atom is -0.339 e.